The quantitative estimate of drug-likeness (QED) is 0.444. The molecular formula is C16H9ClF5N3OS. The first-order chi connectivity index (χ1) is 12.6. The standard InChI is InChI=1S/C16H9ClF5N3OS/c1-25-15(17)13(14(24-25)16(20,21)22)10(26)5-11-23-9(6-27-11)12-7(18)3-2-4-8(12)19/h2-4,6H,5H2,1H3. The molecule has 2 heterocycles. The summed E-state index contributed by atoms with van der Waals surface area (Å²) in [6.07, 6.45) is -5.38. The Morgan fingerprint density at radius 3 is 2.48 bits per heavy atom. The Balaban J connectivity index is 1.92. The lowest BCUT2D eigenvalue weighted by atomic mass is 10.1. The summed E-state index contributed by atoms with van der Waals surface area (Å²) in [4.78, 5) is 16.3. The molecule has 0 bridgehead atoms. The highest BCUT2D eigenvalue weighted by atomic mass is 35.5. The molecule has 0 aliphatic heterocycles. The van der Waals surface area contributed by atoms with Gasteiger partial charge in [0, 0.05) is 12.4 Å². The van der Waals surface area contributed by atoms with Gasteiger partial charge >= 0.3 is 6.18 Å². The number of aryl methyl sites for hydroxylation is 1. The van der Waals surface area contributed by atoms with Crippen LogP contribution in [0.5, 0.6) is 0 Å². The number of hydrogen-bond acceptors (Lipinski definition) is 4. The molecule has 0 aliphatic rings. The van der Waals surface area contributed by atoms with Crippen LogP contribution in [0.3, 0.4) is 0 Å². The van der Waals surface area contributed by atoms with Gasteiger partial charge in [0.25, 0.3) is 0 Å². The number of hydrogen-bond donors (Lipinski definition) is 0. The van der Waals surface area contributed by atoms with Gasteiger partial charge in [0.05, 0.1) is 23.2 Å². The Bertz CT molecular complexity index is 1010. The highest BCUT2D eigenvalue weighted by molar-refractivity contribution is 7.10. The third-order valence-corrected chi connectivity index (χ3v) is 4.89. The summed E-state index contributed by atoms with van der Waals surface area (Å²) in [5.74, 6) is -2.63. The molecule has 0 radical (unpaired) electrons. The maximum Gasteiger partial charge on any atom is 0.435 e. The Labute approximate surface area is 158 Å². The van der Waals surface area contributed by atoms with Crippen LogP contribution in [0.1, 0.15) is 21.1 Å². The Morgan fingerprint density at radius 2 is 1.89 bits per heavy atom. The number of nitrogens with zero attached hydrogens (tertiary/aromatic N) is 3. The second-order valence-electron chi connectivity index (χ2n) is 5.46. The Morgan fingerprint density at radius 1 is 1.26 bits per heavy atom. The van der Waals surface area contributed by atoms with E-state index in [-0.39, 0.29) is 16.3 Å². The van der Waals surface area contributed by atoms with Crippen molar-refractivity contribution in [1.82, 2.24) is 14.8 Å². The zero-order valence-electron chi connectivity index (χ0n) is 13.4. The molecular weight excluding hydrogens is 413 g/mol. The van der Waals surface area contributed by atoms with Crippen molar-refractivity contribution in [2.45, 2.75) is 12.6 Å². The third kappa shape index (κ3) is 3.72. The molecule has 0 aliphatic carbocycles. The van der Waals surface area contributed by atoms with E-state index in [1.165, 1.54) is 18.5 Å². The number of Topliss-reactive ketones (excluding diaryl/α,β-unsaturated/α-hetero) is 1. The SMILES string of the molecule is Cn1nc(C(F)(F)F)c(C(=O)Cc2nc(-c3c(F)cccc3F)cs2)c1Cl. The van der Waals surface area contributed by atoms with Crippen molar-refractivity contribution < 1.29 is 26.7 Å². The maximum absolute atomic E-state index is 13.8. The predicted molar refractivity (Wildman–Crippen MR) is 88.7 cm³/mol. The summed E-state index contributed by atoms with van der Waals surface area (Å²) in [5, 5.41) is 4.20. The lowest BCUT2D eigenvalue weighted by Crippen LogP contribution is -2.14. The number of ketones is 1. The van der Waals surface area contributed by atoms with Crippen molar-refractivity contribution in [3.05, 3.63) is 56.6 Å². The van der Waals surface area contributed by atoms with E-state index in [0.29, 0.717) is 0 Å². The van der Waals surface area contributed by atoms with E-state index in [9.17, 15) is 26.7 Å². The molecule has 0 saturated heterocycles. The Kier molecular flexibility index (Phi) is 5.04. The van der Waals surface area contributed by atoms with Crippen molar-refractivity contribution in [3.63, 3.8) is 0 Å². The first-order valence-electron chi connectivity index (χ1n) is 7.31. The molecule has 3 aromatic rings. The molecule has 0 unspecified atom stereocenters. The largest absolute Gasteiger partial charge is 0.435 e. The summed E-state index contributed by atoms with van der Waals surface area (Å²) in [7, 11) is 1.18. The monoisotopic (exact) mass is 421 g/mol. The van der Waals surface area contributed by atoms with Crippen LogP contribution in [0.25, 0.3) is 11.3 Å². The van der Waals surface area contributed by atoms with E-state index in [0.717, 1.165) is 28.2 Å². The predicted octanol–water partition coefficient (Wildman–Crippen LogP) is 4.92. The van der Waals surface area contributed by atoms with Crippen LogP contribution in [0, 0.1) is 11.6 Å². The van der Waals surface area contributed by atoms with E-state index in [1.54, 1.807) is 0 Å². The van der Waals surface area contributed by atoms with Gasteiger partial charge in [0.2, 0.25) is 0 Å². The number of carbonyl (C=O) groups is 1. The second-order valence-corrected chi connectivity index (χ2v) is 6.76. The van der Waals surface area contributed by atoms with Crippen LogP contribution in [-0.4, -0.2) is 20.5 Å². The highest BCUT2D eigenvalue weighted by Crippen LogP contribution is 2.35. The fourth-order valence-corrected chi connectivity index (χ4v) is 3.44. The van der Waals surface area contributed by atoms with Crippen LogP contribution >= 0.6 is 22.9 Å². The fourth-order valence-electron chi connectivity index (χ4n) is 2.42. The highest BCUT2D eigenvalue weighted by Gasteiger charge is 2.41. The molecule has 2 aromatic heterocycles. The molecule has 27 heavy (non-hydrogen) atoms. The van der Waals surface area contributed by atoms with Gasteiger partial charge in [-0.25, -0.2) is 13.8 Å². The van der Waals surface area contributed by atoms with E-state index in [1.807, 2.05) is 0 Å². The van der Waals surface area contributed by atoms with E-state index in [4.69, 9.17) is 11.6 Å². The van der Waals surface area contributed by atoms with Gasteiger partial charge in [-0.3, -0.25) is 9.48 Å². The average Bonchev–Trinajstić information content (AvgIpc) is 3.12. The van der Waals surface area contributed by atoms with Gasteiger partial charge in [0.15, 0.2) is 11.5 Å². The van der Waals surface area contributed by atoms with Crippen LogP contribution in [0.2, 0.25) is 5.15 Å². The minimum atomic E-state index is -4.86. The molecule has 142 valence electrons. The number of thiazole rings is 1. The molecule has 11 heteroatoms. The van der Waals surface area contributed by atoms with E-state index >= 15 is 0 Å². The molecule has 3 rings (SSSR count). The van der Waals surface area contributed by atoms with Crippen molar-refractivity contribution in [2.75, 3.05) is 0 Å². The number of halogens is 6. The number of alkyl halides is 3. The topological polar surface area (TPSA) is 47.8 Å². The zero-order valence-corrected chi connectivity index (χ0v) is 15.0. The number of carbonyl (C=O) groups excluding carboxylic acids is 1. The van der Waals surface area contributed by atoms with Gasteiger partial charge in [-0.2, -0.15) is 18.3 Å². The van der Waals surface area contributed by atoms with Crippen molar-refractivity contribution in [3.8, 4) is 11.3 Å². The Hall–Kier alpha value is -2.33. The molecule has 0 N–H and O–H groups in total. The van der Waals surface area contributed by atoms with Gasteiger partial charge < -0.3 is 0 Å². The van der Waals surface area contributed by atoms with E-state index in [2.05, 4.69) is 10.1 Å². The van der Waals surface area contributed by atoms with Gasteiger partial charge in [-0.05, 0) is 12.1 Å². The molecule has 0 amide bonds. The van der Waals surface area contributed by atoms with Gasteiger partial charge in [-0.1, -0.05) is 17.7 Å². The zero-order chi connectivity index (χ0) is 19.9. The van der Waals surface area contributed by atoms with Crippen LogP contribution in [0.15, 0.2) is 23.6 Å². The van der Waals surface area contributed by atoms with Crippen LogP contribution in [-0.2, 0) is 19.6 Å². The smallest absolute Gasteiger partial charge is 0.294 e. The van der Waals surface area contributed by atoms with Gasteiger partial charge in [0.1, 0.15) is 21.8 Å². The number of rotatable bonds is 4. The van der Waals surface area contributed by atoms with Crippen LogP contribution in [0.4, 0.5) is 22.0 Å². The van der Waals surface area contributed by atoms with Crippen LogP contribution < -0.4 is 0 Å². The van der Waals surface area contributed by atoms with E-state index < -0.39 is 46.4 Å². The van der Waals surface area contributed by atoms with Gasteiger partial charge in [-0.15, -0.1) is 11.3 Å². The molecule has 0 spiro atoms. The fraction of sp³-hybridized carbons (Fsp3) is 0.188. The first kappa shape index (κ1) is 19.4. The normalized spacial score (nSPS) is 11.8. The summed E-state index contributed by atoms with van der Waals surface area (Å²) >= 11 is 6.68. The molecule has 0 atom stereocenters. The summed E-state index contributed by atoms with van der Waals surface area (Å²) < 4.78 is 67.6. The summed E-state index contributed by atoms with van der Waals surface area (Å²) in [6, 6.07) is 3.29. The molecule has 0 fully saturated rings. The lowest BCUT2D eigenvalue weighted by molar-refractivity contribution is -0.141. The number of aromatic nitrogens is 3. The average molecular weight is 422 g/mol. The first-order valence-corrected chi connectivity index (χ1v) is 8.57. The molecule has 0 saturated carbocycles. The minimum absolute atomic E-state index is 0.0493. The molecule has 4 nitrogen and oxygen atoms in total. The van der Waals surface area contributed by atoms with Crippen molar-refractivity contribution in [2.24, 2.45) is 7.05 Å². The van der Waals surface area contributed by atoms with Crippen molar-refractivity contribution in [1.29, 1.82) is 0 Å². The summed E-state index contributed by atoms with van der Waals surface area (Å²) in [5.41, 5.74) is -2.58. The minimum Gasteiger partial charge on any atom is -0.294 e. The lowest BCUT2D eigenvalue weighted by Gasteiger charge is -2.05. The maximum atomic E-state index is 13.8. The second kappa shape index (κ2) is 7.01. The molecule has 1 aromatic carbocycles. The number of benzene rings is 1. The third-order valence-electron chi connectivity index (χ3n) is 3.61. The summed E-state index contributed by atoms with van der Waals surface area (Å²) in [6.45, 7) is 0. The van der Waals surface area contributed by atoms with Crippen molar-refractivity contribution >= 4 is 28.7 Å².